The van der Waals surface area contributed by atoms with E-state index >= 15 is 0 Å². The van der Waals surface area contributed by atoms with Crippen LogP contribution in [0.1, 0.15) is 29.2 Å². The van der Waals surface area contributed by atoms with E-state index in [2.05, 4.69) is 249 Å². The van der Waals surface area contributed by atoms with Crippen molar-refractivity contribution in [2.24, 2.45) is 0 Å². The second-order valence-electron chi connectivity index (χ2n) is 13.8. The van der Waals surface area contributed by atoms with Crippen LogP contribution in [0.4, 0.5) is 0 Å². The standard InChI is InChI=1S/C34H29P2.C20H19P.BrH.Ni/c1-28(26-35(30-17-6-2-7-18-30)31-19-8-3-9-20-31)34-25-15-14-16-29(34)27-36(32-21-10-4-11-22-32)33-23-12-5-13-24-33;1-4-10-18(11-5-1)16-21(20-14-8-3-9-15-20)17-19-12-6-2-7-13-19;;/h2-25H,27H2,1H3;1-15H,16-17H2;1H;/q;;;+2/p-1. The number of allylic oxidation sites excluding steroid dienone is 1. The van der Waals surface area contributed by atoms with E-state index in [1.165, 1.54) is 54.3 Å². The molecular formula is C54H48BrNiP3+. The van der Waals surface area contributed by atoms with Crippen molar-refractivity contribution < 1.29 is 33.5 Å². The second kappa shape index (κ2) is 24.8. The summed E-state index contributed by atoms with van der Waals surface area (Å²) in [5.74, 6) is 3.95. The van der Waals surface area contributed by atoms with Gasteiger partial charge in [-0.25, -0.2) is 0 Å². The van der Waals surface area contributed by atoms with Crippen LogP contribution in [0.2, 0.25) is 0 Å². The Labute approximate surface area is 376 Å². The van der Waals surface area contributed by atoms with Crippen LogP contribution in [0.3, 0.4) is 0 Å². The Morgan fingerprint density at radius 2 is 0.695 bits per heavy atom. The van der Waals surface area contributed by atoms with Gasteiger partial charge in [-0.3, -0.25) is 0 Å². The largest absolute Gasteiger partial charge is 2.00 e. The summed E-state index contributed by atoms with van der Waals surface area (Å²) in [7, 11) is -1.44. The van der Waals surface area contributed by atoms with Gasteiger partial charge in [0.2, 0.25) is 0 Å². The summed E-state index contributed by atoms with van der Waals surface area (Å²) in [6.07, 6.45) is 3.30. The minimum absolute atomic E-state index is 0. The summed E-state index contributed by atoms with van der Waals surface area (Å²) in [5, 5.41) is 6.96. The molecule has 1 radical (unpaired) electrons. The Morgan fingerprint density at radius 3 is 1.10 bits per heavy atom. The van der Waals surface area contributed by atoms with E-state index in [-0.39, 0.29) is 41.4 Å². The van der Waals surface area contributed by atoms with E-state index in [1.54, 1.807) is 0 Å². The molecule has 8 aromatic carbocycles. The normalized spacial score (nSPS) is 10.9. The molecular weight excluding hydrogens is 880 g/mol. The number of rotatable bonds is 13. The minimum atomic E-state index is -0.716. The molecule has 0 bridgehead atoms. The SMILES string of the molecule is CC(=[C]P(c1ccccc1)c1ccccc1)c1ccccc1CP(c1ccccc1)c1ccccc1.[Br-].[Ni+2].c1ccc(CP(Cc2ccccc2)c2ccccc2)cc1. The molecule has 0 aliphatic carbocycles. The van der Waals surface area contributed by atoms with E-state index in [9.17, 15) is 0 Å². The molecule has 0 amide bonds. The van der Waals surface area contributed by atoms with E-state index in [1.807, 2.05) is 0 Å². The van der Waals surface area contributed by atoms with Crippen molar-refractivity contribution in [2.75, 3.05) is 0 Å². The molecule has 59 heavy (non-hydrogen) atoms. The molecule has 8 rings (SSSR count). The summed E-state index contributed by atoms with van der Waals surface area (Å²) in [6, 6.07) is 85.1. The molecule has 0 saturated carbocycles. The maximum absolute atomic E-state index is 3.95. The molecule has 0 aliphatic heterocycles. The Hall–Kier alpha value is -4.24. The maximum Gasteiger partial charge on any atom is 2.00 e. The van der Waals surface area contributed by atoms with Crippen LogP contribution in [-0.2, 0) is 35.0 Å². The van der Waals surface area contributed by atoms with Crippen molar-refractivity contribution in [3.05, 3.63) is 265 Å². The predicted molar refractivity (Wildman–Crippen MR) is 254 cm³/mol. The third-order valence-corrected chi connectivity index (χ3v) is 17.0. The fourth-order valence-corrected chi connectivity index (χ4v) is 13.6. The van der Waals surface area contributed by atoms with Crippen molar-refractivity contribution in [3.63, 3.8) is 0 Å². The average Bonchev–Trinajstić information content (AvgIpc) is 3.29. The zero-order chi connectivity index (χ0) is 38.9. The van der Waals surface area contributed by atoms with Gasteiger partial charge in [-0.05, 0) is 95.3 Å². The third-order valence-electron chi connectivity index (χ3n) is 9.75. The molecule has 0 N–H and O–H groups in total. The summed E-state index contributed by atoms with van der Waals surface area (Å²) in [6.45, 7) is 2.23. The van der Waals surface area contributed by atoms with Crippen LogP contribution >= 0.6 is 23.8 Å². The predicted octanol–water partition coefficient (Wildman–Crippen LogP) is 9.81. The monoisotopic (exact) mass is 926 g/mol. The van der Waals surface area contributed by atoms with E-state index in [4.69, 9.17) is 0 Å². The summed E-state index contributed by atoms with van der Waals surface area (Å²) in [4.78, 5) is 0. The molecule has 0 heterocycles. The van der Waals surface area contributed by atoms with Crippen molar-refractivity contribution >= 4 is 55.9 Å². The fourth-order valence-electron chi connectivity index (χ4n) is 6.89. The number of hydrogen-bond donors (Lipinski definition) is 0. The number of benzene rings is 8. The van der Waals surface area contributed by atoms with Crippen LogP contribution in [-0.4, -0.2) is 0 Å². The first-order chi connectivity index (χ1) is 28.2. The summed E-state index contributed by atoms with van der Waals surface area (Å²) < 4.78 is 0. The first-order valence-electron chi connectivity index (χ1n) is 19.6. The van der Waals surface area contributed by atoms with Crippen LogP contribution < -0.4 is 43.5 Å². The van der Waals surface area contributed by atoms with Crippen LogP contribution in [0.5, 0.6) is 0 Å². The van der Waals surface area contributed by atoms with Crippen LogP contribution in [0.15, 0.2) is 237 Å². The van der Waals surface area contributed by atoms with Gasteiger partial charge < -0.3 is 17.0 Å². The molecule has 0 spiro atoms. The zero-order valence-corrected chi connectivity index (χ0v) is 38.4. The third kappa shape index (κ3) is 13.6. The molecule has 0 fully saturated rings. The van der Waals surface area contributed by atoms with Gasteiger partial charge in [0.15, 0.2) is 0 Å². The van der Waals surface area contributed by atoms with Crippen molar-refractivity contribution in [1.29, 1.82) is 0 Å². The molecule has 295 valence electrons. The van der Waals surface area contributed by atoms with Crippen LogP contribution in [0, 0.1) is 5.82 Å². The van der Waals surface area contributed by atoms with E-state index in [0.29, 0.717) is 0 Å². The first kappa shape index (κ1) is 45.8. The van der Waals surface area contributed by atoms with Crippen molar-refractivity contribution in [2.45, 2.75) is 25.4 Å². The molecule has 0 atom stereocenters. The van der Waals surface area contributed by atoms with Gasteiger partial charge in [-0.2, -0.15) is 0 Å². The zero-order valence-electron chi connectivity index (χ0n) is 33.2. The minimum Gasteiger partial charge on any atom is -1.00 e. The average molecular weight is 928 g/mol. The molecule has 0 aliphatic rings. The quantitative estimate of drug-likeness (QED) is 0.0799. The Bertz CT molecular complexity index is 2260. The van der Waals surface area contributed by atoms with E-state index in [0.717, 1.165) is 18.5 Å². The second-order valence-corrected chi connectivity index (χ2v) is 20.2. The van der Waals surface area contributed by atoms with Crippen molar-refractivity contribution in [1.82, 2.24) is 0 Å². The molecule has 0 saturated heterocycles. The molecule has 5 heteroatoms. The maximum atomic E-state index is 3.95. The van der Waals surface area contributed by atoms with Gasteiger partial charge in [-0.1, -0.05) is 245 Å². The summed E-state index contributed by atoms with van der Waals surface area (Å²) in [5.41, 5.74) is 6.78. The Balaban J connectivity index is 0.000000246. The van der Waals surface area contributed by atoms with Gasteiger partial charge in [-0.15, -0.1) is 0 Å². The fraction of sp³-hybridized carbons (Fsp3) is 0.0741. The van der Waals surface area contributed by atoms with Gasteiger partial charge >= 0.3 is 16.5 Å². The Kier molecular flexibility index (Phi) is 19.2. The molecule has 8 aromatic rings. The van der Waals surface area contributed by atoms with Gasteiger partial charge in [0.25, 0.3) is 0 Å². The van der Waals surface area contributed by atoms with Crippen LogP contribution in [0.25, 0.3) is 5.57 Å². The Morgan fingerprint density at radius 1 is 0.373 bits per heavy atom. The van der Waals surface area contributed by atoms with Gasteiger partial charge in [0.05, 0.1) is 0 Å². The number of halogens is 1. The topological polar surface area (TPSA) is 0 Å². The van der Waals surface area contributed by atoms with Gasteiger partial charge in [0, 0.05) is 6.16 Å². The molecule has 0 unspecified atom stereocenters. The molecule has 0 nitrogen and oxygen atoms in total. The van der Waals surface area contributed by atoms with Crippen molar-refractivity contribution in [3.8, 4) is 0 Å². The number of hydrogen-bond acceptors (Lipinski definition) is 0. The molecule has 0 aromatic heterocycles. The first-order valence-corrected chi connectivity index (χ1v) is 24.1. The smallest absolute Gasteiger partial charge is 1.00 e. The van der Waals surface area contributed by atoms with Gasteiger partial charge in [0.1, 0.15) is 0 Å². The van der Waals surface area contributed by atoms with E-state index < -0.39 is 15.8 Å². The summed E-state index contributed by atoms with van der Waals surface area (Å²) >= 11 is 0.